The van der Waals surface area contributed by atoms with Crippen LogP contribution in [0.1, 0.15) is 13.8 Å². The highest BCUT2D eigenvalue weighted by Crippen LogP contribution is 2.29. The normalized spacial score (nSPS) is 44.3. The van der Waals surface area contributed by atoms with E-state index >= 15 is 0 Å². The fourth-order valence-corrected chi connectivity index (χ4v) is 1.91. The van der Waals surface area contributed by atoms with Crippen molar-refractivity contribution in [1.82, 2.24) is 0 Å². The number of hydrogen-bond acceptors (Lipinski definition) is 4. The molecule has 2 saturated heterocycles. The lowest BCUT2D eigenvalue weighted by molar-refractivity contribution is -0.0607. The van der Waals surface area contributed by atoms with Gasteiger partial charge in [-0.3, -0.25) is 0 Å². The van der Waals surface area contributed by atoms with Gasteiger partial charge in [0, 0.05) is 0 Å². The zero-order valence-corrected chi connectivity index (χ0v) is 7.97. The fourth-order valence-electron chi connectivity index (χ4n) is 1.91. The lowest BCUT2D eigenvalue weighted by Gasteiger charge is -2.18. The van der Waals surface area contributed by atoms with Crippen molar-refractivity contribution in [2.75, 3.05) is 13.2 Å². The van der Waals surface area contributed by atoms with Crippen molar-refractivity contribution in [2.24, 2.45) is 0 Å². The summed E-state index contributed by atoms with van der Waals surface area (Å²) in [6, 6.07) is 0. The number of hydrogen-bond donors (Lipinski definition) is 1. The number of ether oxygens (including phenoxy) is 3. The van der Waals surface area contributed by atoms with Crippen molar-refractivity contribution < 1.29 is 19.3 Å². The largest absolute Gasteiger partial charge is 0.388 e. The van der Waals surface area contributed by atoms with Crippen LogP contribution in [0.25, 0.3) is 0 Å². The molecule has 0 aromatic carbocycles. The maximum absolute atomic E-state index is 9.45. The minimum absolute atomic E-state index is 0.0119. The van der Waals surface area contributed by atoms with E-state index in [2.05, 4.69) is 0 Å². The molecule has 0 saturated carbocycles. The van der Waals surface area contributed by atoms with E-state index in [9.17, 15) is 5.11 Å². The summed E-state index contributed by atoms with van der Waals surface area (Å²) in [6.45, 7) is 4.87. The summed E-state index contributed by atoms with van der Waals surface area (Å²) < 4.78 is 16.4. The summed E-state index contributed by atoms with van der Waals surface area (Å²) in [5.41, 5.74) is 0. The van der Waals surface area contributed by atoms with Crippen molar-refractivity contribution in [3.8, 4) is 0 Å². The summed E-state index contributed by atoms with van der Waals surface area (Å²) in [6.07, 6.45) is -0.567. The second-order valence-electron chi connectivity index (χ2n) is 3.89. The zero-order valence-electron chi connectivity index (χ0n) is 7.97. The number of aliphatic hydroxyl groups is 1. The van der Waals surface area contributed by atoms with Crippen LogP contribution in [-0.4, -0.2) is 48.8 Å². The third kappa shape index (κ3) is 1.72. The van der Waals surface area contributed by atoms with Crippen LogP contribution in [0.5, 0.6) is 0 Å². The molecule has 0 aromatic rings. The van der Waals surface area contributed by atoms with E-state index in [1.165, 1.54) is 0 Å². The Kier molecular flexibility index (Phi) is 2.55. The van der Waals surface area contributed by atoms with Gasteiger partial charge in [0.1, 0.15) is 24.4 Å². The average molecular weight is 188 g/mol. The van der Waals surface area contributed by atoms with E-state index in [-0.39, 0.29) is 24.4 Å². The van der Waals surface area contributed by atoms with Crippen LogP contribution in [0, 0.1) is 0 Å². The first-order chi connectivity index (χ1) is 6.18. The Bertz CT molecular complexity index is 182. The van der Waals surface area contributed by atoms with Crippen LogP contribution in [0.15, 0.2) is 0 Å². The predicted octanol–water partition coefficient (Wildman–Crippen LogP) is -0.0615. The molecule has 13 heavy (non-hydrogen) atoms. The Morgan fingerprint density at radius 1 is 1.23 bits per heavy atom. The molecule has 0 aromatic heterocycles. The molecule has 0 spiro atoms. The molecular weight excluding hydrogens is 172 g/mol. The molecule has 2 fully saturated rings. The standard InChI is InChI=1S/C9H16O4/c1-5(2)13-7-4-12-8-6(10)3-11-9(7)8/h5-10H,3-4H2,1-2H3/t6-,7+,8+,9+/m0/s1. The van der Waals surface area contributed by atoms with Gasteiger partial charge in [-0.05, 0) is 13.8 Å². The van der Waals surface area contributed by atoms with Crippen molar-refractivity contribution in [3.05, 3.63) is 0 Å². The van der Waals surface area contributed by atoms with E-state index in [1.54, 1.807) is 0 Å². The summed E-state index contributed by atoms with van der Waals surface area (Å²) in [4.78, 5) is 0. The van der Waals surface area contributed by atoms with Gasteiger partial charge in [0.15, 0.2) is 0 Å². The van der Waals surface area contributed by atoms with Gasteiger partial charge in [-0.15, -0.1) is 0 Å². The first-order valence-electron chi connectivity index (χ1n) is 4.75. The van der Waals surface area contributed by atoms with Crippen LogP contribution in [0.3, 0.4) is 0 Å². The highest BCUT2D eigenvalue weighted by atomic mass is 16.6. The Morgan fingerprint density at radius 2 is 1.92 bits per heavy atom. The predicted molar refractivity (Wildman–Crippen MR) is 45.5 cm³/mol. The smallest absolute Gasteiger partial charge is 0.115 e. The molecule has 2 aliphatic heterocycles. The number of rotatable bonds is 2. The average Bonchev–Trinajstić information content (AvgIpc) is 2.56. The molecule has 0 aliphatic carbocycles. The van der Waals surface area contributed by atoms with E-state index in [0.29, 0.717) is 13.2 Å². The minimum Gasteiger partial charge on any atom is -0.388 e. The van der Waals surface area contributed by atoms with Gasteiger partial charge in [-0.2, -0.15) is 0 Å². The molecule has 2 heterocycles. The molecule has 2 rings (SSSR count). The molecule has 4 atom stereocenters. The number of aliphatic hydroxyl groups excluding tert-OH is 1. The zero-order chi connectivity index (χ0) is 9.42. The van der Waals surface area contributed by atoms with E-state index in [4.69, 9.17) is 14.2 Å². The summed E-state index contributed by atoms with van der Waals surface area (Å²) in [7, 11) is 0. The van der Waals surface area contributed by atoms with Gasteiger partial charge in [0.25, 0.3) is 0 Å². The molecule has 0 unspecified atom stereocenters. The van der Waals surface area contributed by atoms with Gasteiger partial charge in [0.05, 0.1) is 19.3 Å². The Labute approximate surface area is 77.8 Å². The Balaban J connectivity index is 1.94. The van der Waals surface area contributed by atoms with Crippen LogP contribution >= 0.6 is 0 Å². The van der Waals surface area contributed by atoms with Gasteiger partial charge in [-0.1, -0.05) is 0 Å². The molecule has 0 bridgehead atoms. The van der Waals surface area contributed by atoms with Crippen LogP contribution < -0.4 is 0 Å². The maximum atomic E-state index is 9.45. The lowest BCUT2D eigenvalue weighted by Crippen LogP contribution is -2.34. The van der Waals surface area contributed by atoms with Crippen molar-refractivity contribution in [2.45, 2.75) is 44.4 Å². The van der Waals surface area contributed by atoms with E-state index in [0.717, 1.165) is 0 Å². The highest BCUT2D eigenvalue weighted by molar-refractivity contribution is 4.95. The molecule has 2 aliphatic rings. The molecule has 0 radical (unpaired) electrons. The van der Waals surface area contributed by atoms with Crippen LogP contribution in [-0.2, 0) is 14.2 Å². The molecule has 1 N–H and O–H groups in total. The molecule has 76 valence electrons. The summed E-state index contributed by atoms with van der Waals surface area (Å²) in [5.74, 6) is 0. The van der Waals surface area contributed by atoms with Crippen molar-refractivity contribution in [3.63, 3.8) is 0 Å². The quantitative estimate of drug-likeness (QED) is 0.659. The van der Waals surface area contributed by atoms with E-state index < -0.39 is 6.10 Å². The SMILES string of the molecule is CC(C)O[C@@H]1CO[C@H]2[C@@H]1OC[C@@H]2O. The fraction of sp³-hybridized carbons (Fsp3) is 1.00. The summed E-state index contributed by atoms with van der Waals surface area (Å²) >= 11 is 0. The topological polar surface area (TPSA) is 47.9 Å². The third-order valence-corrected chi connectivity index (χ3v) is 2.43. The van der Waals surface area contributed by atoms with Crippen LogP contribution in [0.4, 0.5) is 0 Å². The van der Waals surface area contributed by atoms with E-state index in [1.807, 2.05) is 13.8 Å². The third-order valence-electron chi connectivity index (χ3n) is 2.43. The molecular formula is C9H16O4. The monoisotopic (exact) mass is 188 g/mol. The number of fused-ring (bicyclic) bond motifs is 1. The second-order valence-corrected chi connectivity index (χ2v) is 3.89. The molecule has 4 nitrogen and oxygen atoms in total. The maximum Gasteiger partial charge on any atom is 0.115 e. The van der Waals surface area contributed by atoms with Gasteiger partial charge < -0.3 is 19.3 Å². The van der Waals surface area contributed by atoms with Gasteiger partial charge in [0.2, 0.25) is 0 Å². The van der Waals surface area contributed by atoms with Gasteiger partial charge >= 0.3 is 0 Å². The first-order valence-corrected chi connectivity index (χ1v) is 4.75. The van der Waals surface area contributed by atoms with Crippen LogP contribution in [0.2, 0.25) is 0 Å². The lowest BCUT2D eigenvalue weighted by atomic mass is 10.1. The minimum atomic E-state index is -0.481. The van der Waals surface area contributed by atoms with Crippen molar-refractivity contribution >= 4 is 0 Å². The summed E-state index contributed by atoms with van der Waals surface area (Å²) in [5, 5.41) is 9.45. The highest BCUT2D eigenvalue weighted by Gasteiger charge is 2.47. The first kappa shape index (κ1) is 9.40. The van der Waals surface area contributed by atoms with Gasteiger partial charge in [-0.25, -0.2) is 0 Å². The van der Waals surface area contributed by atoms with Crippen molar-refractivity contribution in [1.29, 1.82) is 0 Å². The Morgan fingerprint density at radius 3 is 2.62 bits per heavy atom. The second kappa shape index (κ2) is 3.53. The Hall–Kier alpha value is -0.160. The molecule has 0 amide bonds. The molecule has 4 heteroatoms.